The Morgan fingerprint density at radius 1 is 1.36 bits per heavy atom. The molecule has 1 aromatic rings. The second-order valence-electron chi connectivity index (χ2n) is 4.30. The second-order valence-corrected chi connectivity index (χ2v) is 4.30. The minimum absolute atomic E-state index is 0.0222. The first-order chi connectivity index (χ1) is 10.6. The summed E-state index contributed by atoms with van der Waals surface area (Å²) in [7, 11) is 1.58. The molecule has 0 aliphatic rings. The van der Waals surface area contributed by atoms with Gasteiger partial charge < -0.3 is 20.5 Å². The maximum atomic E-state index is 11.6. The molecule has 116 valence electrons. The number of benzene rings is 1. The van der Waals surface area contributed by atoms with E-state index in [9.17, 15) is 9.59 Å². The summed E-state index contributed by atoms with van der Waals surface area (Å²) in [4.78, 5) is 22.0. The average Bonchev–Trinajstić information content (AvgIpc) is 2.51. The number of ether oxygens (including phenoxy) is 1. The van der Waals surface area contributed by atoms with Crippen LogP contribution in [0.25, 0.3) is 0 Å². The number of carbonyl (C=O) groups is 2. The molecule has 0 bridgehead atoms. The van der Waals surface area contributed by atoms with Crippen LogP contribution in [0.5, 0.6) is 5.75 Å². The molecular weight excluding hydrogens is 286 g/mol. The molecule has 0 unspecified atom stereocenters. The minimum atomic E-state index is -1.01. The zero-order valence-corrected chi connectivity index (χ0v) is 12.1. The Morgan fingerprint density at radius 2 is 2.05 bits per heavy atom. The van der Waals surface area contributed by atoms with Gasteiger partial charge in [-0.25, -0.2) is 0 Å². The van der Waals surface area contributed by atoms with Gasteiger partial charge in [-0.1, -0.05) is 12.1 Å². The topological polar surface area (TPSA) is 111 Å². The van der Waals surface area contributed by atoms with E-state index < -0.39 is 11.9 Å². The van der Waals surface area contributed by atoms with Gasteiger partial charge in [0.15, 0.2) is 0 Å². The van der Waals surface area contributed by atoms with Gasteiger partial charge in [0, 0.05) is 19.3 Å². The molecule has 0 aliphatic heterocycles. The summed E-state index contributed by atoms with van der Waals surface area (Å²) in [5.41, 5.74) is 0.847. The molecule has 0 spiro atoms. The van der Waals surface area contributed by atoms with E-state index in [4.69, 9.17) is 15.1 Å². The Labute approximate surface area is 128 Å². The van der Waals surface area contributed by atoms with Crippen molar-refractivity contribution in [3.8, 4) is 11.8 Å². The fourth-order valence-corrected chi connectivity index (χ4v) is 1.54. The summed E-state index contributed by atoms with van der Waals surface area (Å²) in [6.45, 7) is 0.420. The number of nitrogens with one attached hydrogen (secondary N) is 2. The lowest BCUT2D eigenvalue weighted by Gasteiger charge is -2.05. The van der Waals surface area contributed by atoms with Crippen LogP contribution in [0.4, 0.5) is 0 Å². The van der Waals surface area contributed by atoms with Gasteiger partial charge in [-0.05, 0) is 17.7 Å². The Kier molecular flexibility index (Phi) is 6.99. The first-order valence-electron chi connectivity index (χ1n) is 6.53. The van der Waals surface area contributed by atoms with Crippen LogP contribution in [0.15, 0.2) is 36.0 Å². The number of nitriles is 1. The highest BCUT2D eigenvalue weighted by molar-refractivity contribution is 5.97. The van der Waals surface area contributed by atoms with Crippen molar-refractivity contribution in [3.05, 3.63) is 41.6 Å². The van der Waals surface area contributed by atoms with Crippen molar-refractivity contribution in [2.24, 2.45) is 0 Å². The van der Waals surface area contributed by atoms with Gasteiger partial charge in [0.05, 0.1) is 13.5 Å². The summed E-state index contributed by atoms with van der Waals surface area (Å²) in [5.74, 6) is -0.874. The summed E-state index contributed by atoms with van der Waals surface area (Å²) >= 11 is 0. The van der Waals surface area contributed by atoms with Gasteiger partial charge in [0.1, 0.15) is 17.4 Å². The summed E-state index contributed by atoms with van der Waals surface area (Å²) in [6, 6.07) is 9.10. The van der Waals surface area contributed by atoms with Crippen LogP contribution in [0, 0.1) is 11.3 Å². The molecule has 0 saturated heterocycles. The predicted molar refractivity (Wildman–Crippen MR) is 78.8 cm³/mol. The van der Waals surface area contributed by atoms with Crippen LogP contribution < -0.4 is 15.4 Å². The number of rotatable bonds is 8. The standard InChI is InChI=1S/C15H17N3O4/c1-22-13-4-2-11(3-5-13)9-17-10-12(8-16)15(21)18-7-6-14(19)20/h2-5,10,17H,6-7,9H2,1H3,(H,18,21)(H,19,20)/b12-10-. The molecular formula is C15H17N3O4. The normalized spacial score (nSPS) is 10.5. The summed E-state index contributed by atoms with van der Waals surface area (Å²) < 4.78 is 5.04. The molecule has 3 N–H and O–H groups in total. The van der Waals surface area contributed by atoms with Crippen LogP contribution in [0.2, 0.25) is 0 Å². The van der Waals surface area contributed by atoms with Gasteiger partial charge in [0.2, 0.25) is 0 Å². The third-order valence-corrected chi connectivity index (χ3v) is 2.70. The SMILES string of the molecule is COc1ccc(CN/C=C(/C#N)C(=O)NCCC(=O)O)cc1. The van der Waals surface area contributed by atoms with E-state index in [-0.39, 0.29) is 18.5 Å². The van der Waals surface area contributed by atoms with Crippen molar-refractivity contribution in [2.45, 2.75) is 13.0 Å². The highest BCUT2D eigenvalue weighted by atomic mass is 16.5. The van der Waals surface area contributed by atoms with Crippen LogP contribution >= 0.6 is 0 Å². The average molecular weight is 303 g/mol. The number of carbonyl (C=O) groups excluding carboxylic acids is 1. The molecule has 7 heteroatoms. The number of aliphatic carboxylic acids is 1. The molecule has 0 fully saturated rings. The molecule has 7 nitrogen and oxygen atoms in total. The second kappa shape index (κ2) is 9.02. The van der Waals surface area contributed by atoms with Gasteiger partial charge in [0.25, 0.3) is 5.91 Å². The van der Waals surface area contributed by atoms with Crippen molar-refractivity contribution < 1.29 is 19.4 Å². The highest BCUT2D eigenvalue weighted by Gasteiger charge is 2.08. The summed E-state index contributed by atoms with van der Waals surface area (Å²) in [6.07, 6.45) is 1.12. The molecule has 22 heavy (non-hydrogen) atoms. The Bertz CT molecular complexity index is 588. The lowest BCUT2D eigenvalue weighted by Crippen LogP contribution is -2.27. The lowest BCUT2D eigenvalue weighted by atomic mass is 10.2. The van der Waals surface area contributed by atoms with Crippen LogP contribution in [-0.2, 0) is 16.1 Å². The molecule has 1 aromatic carbocycles. The van der Waals surface area contributed by atoms with E-state index in [1.807, 2.05) is 24.3 Å². The molecule has 0 atom stereocenters. The smallest absolute Gasteiger partial charge is 0.305 e. The van der Waals surface area contributed by atoms with Gasteiger partial charge >= 0.3 is 5.97 Å². The Balaban J connectivity index is 2.48. The van der Waals surface area contributed by atoms with Crippen molar-refractivity contribution in [1.29, 1.82) is 5.26 Å². The number of carboxylic acid groups (broad SMARTS) is 1. The van der Waals surface area contributed by atoms with Gasteiger partial charge in [-0.15, -0.1) is 0 Å². The van der Waals surface area contributed by atoms with E-state index >= 15 is 0 Å². The maximum absolute atomic E-state index is 11.6. The monoisotopic (exact) mass is 303 g/mol. The predicted octanol–water partition coefficient (Wildman–Crippen LogP) is 0.783. The van der Waals surface area contributed by atoms with Crippen molar-refractivity contribution >= 4 is 11.9 Å². The largest absolute Gasteiger partial charge is 0.497 e. The van der Waals surface area contributed by atoms with Crippen LogP contribution in [-0.4, -0.2) is 30.6 Å². The Hall–Kier alpha value is -3.01. The van der Waals surface area contributed by atoms with E-state index in [1.54, 1.807) is 13.2 Å². The fourth-order valence-electron chi connectivity index (χ4n) is 1.54. The number of hydrogen-bond donors (Lipinski definition) is 3. The number of nitrogens with zero attached hydrogens (tertiary/aromatic N) is 1. The number of amides is 1. The zero-order chi connectivity index (χ0) is 16.4. The Morgan fingerprint density at radius 3 is 2.59 bits per heavy atom. The van der Waals surface area contributed by atoms with E-state index in [2.05, 4.69) is 10.6 Å². The summed E-state index contributed by atoms with van der Waals surface area (Å²) in [5, 5.41) is 22.6. The minimum Gasteiger partial charge on any atom is -0.497 e. The quantitative estimate of drug-likeness (QED) is 0.483. The number of hydrogen-bond acceptors (Lipinski definition) is 5. The lowest BCUT2D eigenvalue weighted by molar-refractivity contribution is -0.136. The van der Waals surface area contributed by atoms with Crippen LogP contribution in [0.3, 0.4) is 0 Å². The molecule has 0 heterocycles. The first-order valence-corrected chi connectivity index (χ1v) is 6.53. The molecule has 0 radical (unpaired) electrons. The van der Waals surface area contributed by atoms with Crippen molar-refractivity contribution in [1.82, 2.24) is 10.6 Å². The van der Waals surface area contributed by atoms with E-state index in [1.165, 1.54) is 6.20 Å². The molecule has 0 saturated carbocycles. The fraction of sp³-hybridized carbons (Fsp3) is 0.267. The van der Waals surface area contributed by atoms with Gasteiger partial charge in [-0.3, -0.25) is 9.59 Å². The molecule has 0 aliphatic carbocycles. The first kappa shape index (κ1) is 17.0. The maximum Gasteiger partial charge on any atom is 0.305 e. The number of carboxylic acids is 1. The van der Waals surface area contributed by atoms with Crippen molar-refractivity contribution in [3.63, 3.8) is 0 Å². The van der Waals surface area contributed by atoms with Gasteiger partial charge in [-0.2, -0.15) is 5.26 Å². The zero-order valence-electron chi connectivity index (χ0n) is 12.1. The van der Waals surface area contributed by atoms with Crippen molar-refractivity contribution in [2.75, 3.05) is 13.7 Å². The van der Waals surface area contributed by atoms with E-state index in [0.29, 0.717) is 6.54 Å². The highest BCUT2D eigenvalue weighted by Crippen LogP contribution is 2.10. The third-order valence-electron chi connectivity index (χ3n) is 2.70. The number of methoxy groups -OCH3 is 1. The van der Waals surface area contributed by atoms with E-state index in [0.717, 1.165) is 11.3 Å². The van der Waals surface area contributed by atoms with Crippen LogP contribution in [0.1, 0.15) is 12.0 Å². The molecule has 1 amide bonds. The molecule has 1 rings (SSSR count). The third kappa shape index (κ3) is 5.96. The molecule has 0 aromatic heterocycles.